The Balaban J connectivity index is 1.33. The van der Waals surface area contributed by atoms with Gasteiger partial charge in [0.25, 0.3) is 0 Å². The van der Waals surface area contributed by atoms with Crippen molar-refractivity contribution >= 4 is 0 Å². The van der Waals surface area contributed by atoms with Crippen molar-refractivity contribution < 1.29 is 27.6 Å². The van der Waals surface area contributed by atoms with E-state index in [2.05, 4.69) is 27.1 Å². The summed E-state index contributed by atoms with van der Waals surface area (Å²) in [6.45, 7) is 0.675. The summed E-state index contributed by atoms with van der Waals surface area (Å²) in [5.41, 5.74) is 4.90. The molecule has 4 heterocycles. The van der Waals surface area contributed by atoms with Gasteiger partial charge in [0.1, 0.15) is 12.3 Å². The lowest BCUT2D eigenvalue weighted by Gasteiger charge is -2.47. The molecule has 4 saturated heterocycles. The lowest BCUT2D eigenvalue weighted by Crippen LogP contribution is -2.68. The lowest BCUT2D eigenvalue weighted by molar-refractivity contribution is -0.535. The van der Waals surface area contributed by atoms with Crippen LogP contribution in [0.5, 0.6) is 0 Å². The topological polar surface area (TPSA) is 101 Å². The predicted molar refractivity (Wildman–Crippen MR) is 154 cm³/mol. The van der Waals surface area contributed by atoms with Crippen molar-refractivity contribution in [1.29, 1.82) is 0 Å². The number of hydrogen-bond donors (Lipinski definition) is 3. The fourth-order valence-corrected chi connectivity index (χ4v) is 8.04. The number of hydrazine groups is 1. The molecule has 1 aromatic carbocycles. The molecule has 1 aliphatic carbocycles. The minimum atomic E-state index is -4.75. The number of halogens is 3. The van der Waals surface area contributed by atoms with Gasteiger partial charge in [0.2, 0.25) is 11.6 Å². The van der Waals surface area contributed by atoms with Crippen LogP contribution in [0.25, 0.3) is 0 Å². The first-order valence-electron chi connectivity index (χ1n) is 16.0. The number of hydrogen-bond acceptors (Lipinski definition) is 8. The molecular formula is C31H44F3N5O4. The van der Waals surface area contributed by atoms with Crippen LogP contribution in [-0.2, 0) is 16.1 Å². The number of piperidine rings is 1. The number of nitrogens with zero attached hydrogens (tertiary/aromatic N) is 2. The third-order valence-electron chi connectivity index (χ3n) is 10.3. The molecule has 3 N–H and O–H groups in total. The van der Waals surface area contributed by atoms with Gasteiger partial charge in [-0.3, -0.25) is 20.3 Å². The van der Waals surface area contributed by atoms with Crippen molar-refractivity contribution in [2.75, 3.05) is 6.54 Å². The van der Waals surface area contributed by atoms with Gasteiger partial charge in [-0.2, -0.15) is 13.2 Å². The Kier molecular flexibility index (Phi) is 9.42. The molecule has 9 nitrogen and oxygen atoms in total. The predicted octanol–water partition coefficient (Wildman–Crippen LogP) is 5.16. The molecule has 0 saturated carbocycles. The van der Waals surface area contributed by atoms with Crippen molar-refractivity contribution in [3.8, 4) is 0 Å². The first-order chi connectivity index (χ1) is 20.8. The number of alkyl halides is 3. The number of nitro groups is 1. The molecule has 0 radical (unpaired) electrons. The van der Waals surface area contributed by atoms with Gasteiger partial charge in [0, 0.05) is 23.3 Å². The normalized spacial score (nSPS) is 37.7. The number of benzene rings is 1. The lowest BCUT2D eigenvalue weighted by atomic mass is 9.78. The molecule has 4 aliphatic heterocycles. The summed E-state index contributed by atoms with van der Waals surface area (Å²) >= 11 is 0. The zero-order valence-corrected chi connectivity index (χ0v) is 24.6. The smallest absolute Gasteiger partial charge is 0.357 e. The molecular weight excluding hydrogens is 563 g/mol. The minimum absolute atomic E-state index is 0.0194. The van der Waals surface area contributed by atoms with Crippen molar-refractivity contribution in [2.24, 2.45) is 5.92 Å². The van der Waals surface area contributed by atoms with Crippen LogP contribution in [0.3, 0.4) is 0 Å². The Labute approximate surface area is 251 Å². The quantitative estimate of drug-likeness (QED) is 0.240. The van der Waals surface area contributed by atoms with Crippen LogP contribution in [0.2, 0.25) is 0 Å². The maximum atomic E-state index is 15.1. The van der Waals surface area contributed by atoms with Gasteiger partial charge in [-0.05, 0) is 63.5 Å². The van der Waals surface area contributed by atoms with Gasteiger partial charge >= 0.3 is 6.18 Å². The van der Waals surface area contributed by atoms with E-state index in [0.29, 0.717) is 30.9 Å². The Hall–Kier alpha value is -2.09. The van der Waals surface area contributed by atoms with Crippen LogP contribution in [-0.4, -0.2) is 64.9 Å². The van der Waals surface area contributed by atoms with E-state index < -0.39 is 36.3 Å². The summed E-state index contributed by atoms with van der Waals surface area (Å²) in [5, 5.41) is 16.1. The van der Waals surface area contributed by atoms with Crippen LogP contribution in [0, 0.1) is 16.0 Å². The second-order valence-corrected chi connectivity index (χ2v) is 12.9. The third kappa shape index (κ3) is 6.37. The summed E-state index contributed by atoms with van der Waals surface area (Å²) in [6, 6.07) is 7.24. The molecule has 43 heavy (non-hydrogen) atoms. The van der Waals surface area contributed by atoms with Gasteiger partial charge < -0.3 is 9.47 Å². The van der Waals surface area contributed by atoms with Crippen molar-refractivity contribution in [2.45, 2.75) is 132 Å². The number of nitrogens with one attached hydrogen (secondary N) is 3. The van der Waals surface area contributed by atoms with E-state index in [4.69, 9.17) is 9.47 Å². The summed E-state index contributed by atoms with van der Waals surface area (Å²) in [5.74, 6) is -0.0194. The molecule has 5 aliphatic rings. The molecule has 0 aromatic heterocycles. The second-order valence-electron chi connectivity index (χ2n) is 12.9. The monoisotopic (exact) mass is 607 g/mol. The highest BCUT2D eigenvalue weighted by atomic mass is 19.4. The molecule has 0 spiro atoms. The Bertz CT molecular complexity index is 1140. The summed E-state index contributed by atoms with van der Waals surface area (Å²) in [4.78, 5) is 14.7. The van der Waals surface area contributed by atoms with Crippen LogP contribution >= 0.6 is 0 Å². The first kappa shape index (κ1) is 30.9. The van der Waals surface area contributed by atoms with E-state index in [0.717, 1.165) is 57.9 Å². The van der Waals surface area contributed by atoms with E-state index in [9.17, 15) is 10.1 Å². The Morgan fingerprint density at radius 3 is 2.63 bits per heavy atom. The van der Waals surface area contributed by atoms with Gasteiger partial charge in [0.15, 0.2) is 6.23 Å². The maximum absolute atomic E-state index is 15.1. The molecule has 12 heteroatoms. The SMILES string of the molecule is O=[N+]([O-])C1CC(C2=CCCCC2)C2NC1C1NNC(O1)C(OCc1ccccc1)(C(F)(F)F)CCCCC[C@H]1CCCN21. The number of fused-ring (bicyclic) bond motifs is 7. The van der Waals surface area contributed by atoms with E-state index in [-0.39, 0.29) is 30.0 Å². The van der Waals surface area contributed by atoms with Crippen molar-refractivity contribution in [3.05, 3.63) is 57.7 Å². The molecule has 7 unspecified atom stereocenters. The molecule has 6 rings (SSSR count). The maximum Gasteiger partial charge on any atom is 0.421 e. The van der Waals surface area contributed by atoms with E-state index in [1.165, 1.54) is 5.57 Å². The van der Waals surface area contributed by atoms with Crippen LogP contribution in [0.4, 0.5) is 13.2 Å². The van der Waals surface area contributed by atoms with Gasteiger partial charge in [-0.15, -0.1) is 0 Å². The zero-order valence-electron chi connectivity index (χ0n) is 24.6. The van der Waals surface area contributed by atoms with Crippen LogP contribution in [0.1, 0.15) is 82.6 Å². The molecule has 4 bridgehead atoms. The average molecular weight is 608 g/mol. The van der Waals surface area contributed by atoms with Crippen LogP contribution < -0.4 is 16.2 Å². The van der Waals surface area contributed by atoms with E-state index >= 15 is 13.2 Å². The fourth-order valence-electron chi connectivity index (χ4n) is 8.04. The third-order valence-corrected chi connectivity index (χ3v) is 10.3. The zero-order chi connectivity index (χ0) is 30.0. The molecule has 238 valence electrons. The minimum Gasteiger partial charge on any atom is -0.357 e. The van der Waals surface area contributed by atoms with Crippen molar-refractivity contribution in [1.82, 2.24) is 21.1 Å². The van der Waals surface area contributed by atoms with Crippen LogP contribution in [0.15, 0.2) is 42.0 Å². The molecule has 1 aromatic rings. The standard InChI is InChI=1S/C31H44F3N5O4/c32-31(33,34)30(42-20-21-11-4-1-5-12-21)17-9-3-8-15-23-16-10-18-38(23)27-24(22-13-6-2-7-14-22)19-25(39(40)41)26(35-27)28-36-37-29(30)43-28/h1,4-5,11-13,23-29,35-37H,2-3,6-10,14-20H2/t23-,24?,25?,26?,27?,28?,29?,30?/m0/s1. The van der Waals surface area contributed by atoms with Gasteiger partial charge in [-0.25, -0.2) is 10.9 Å². The largest absolute Gasteiger partial charge is 0.421 e. The fraction of sp³-hybridized carbons (Fsp3) is 0.742. The van der Waals surface area contributed by atoms with Gasteiger partial charge in [-0.1, -0.05) is 61.2 Å². The van der Waals surface area contributed by atoms with Crippen molar-refractivity contribution in [3.63, 3.8) is 0 Å². The summed E-state index contributed by atoms with van der Waals surface area (Å²) in [7, 11) is 0. The van der Waals surface area contributed by atoms with E-state index in [1.54, 1.807) is 30.3 Å². The summed E-state index contributed by atoms with van der Waals surface area (Å²) < 4.78 is 57.3. The first-order valence-corrected chi connectivity index (χ1v) is 16.0. The van der Waals surface area contributed by atoms with E-state index in [1.807, 2.05) is 0 Å². The molecule has 0 amide bonds. The molecule has 8 atom stereocenters. The highest BCUT2D eigenvalue weighted by Crippen LogP contribution is 2.45. The van der Waals surface area contributed by atoms with Gasteiger partial charge in [0.05, 0.1) is 12.8 Å². The summed E-state index contributed by atoms with van der Waals surface area (Å²) in [6.07, 6.45) is 3.70. The Morgan fingerprint density at radius 1 is 1.07 bits per heavy atom. The highest BCUT2D eigenvalue weighted by Gasteiger charge is 2.64. The average Bonchev–Trinajstić information content (AvgIpc) is 3.68. The number of rotatable bonds is 5. The molecule has 4 fully saturated rings. The number of allylic oxidation sites excluding steroid dienone is 1. The highest BCUT2D eigenvalue weighted by molar-refractivity contribution is 5.17. The number of ether oxygens (including phenoxy) is 2. The Morgan fingerprint density at radius 2 is 1.88 bits per heavy atom. The second kappa shape index (κ2) is 13.1.